The molecule has 1 rings (SSSR count). The topological polar surface area (TPSA) is 35.6 Å². The van der Waals surface area contributed by atoms with E-state index in [2.05, 4.69) is 24.1 Å². The molecule has 0 bridgehead atoms. The Morgan fingerprint density at radius 2 is 2.20 bits per heavy atom. The van der Waals surface area contributed by atoms with Gasteiger partial charge in [-0.1, -0.05) is 6.92 Å². The van der Waals surface area contributed by atoms with E-state index in [9.17, 15) is 4.79 Å². The maximum Gasteiger partial charge on any atom is 0.239 e. The number of nitrogens with one attached hydrogen (secondary N) is 1. The maximum absolute atomic E-state index is 12.0. The summed E-state index contributed by atoms with van der Waals surface area (Å²) >= 11 is 0. The third-order valence-electron chi connectivity index (χ3n) is 3.20. The highest BCUT2D eigenvalue weighted by Gasteiger charge is 2.35. The van der Waals surface area contributed by atoms with Gasteiger partial charge in [-0.3, -0.25) is 9.69 Å². The SMILES string of the molecule is CCN1C(C)CN(C)C(=O)C1CCNC. The van der Waals surface area contributed by atoms with Crippen molar-refractivity contribution in [3.8, 4) is 0 Å². The fourth-order valence-electron chi connectivity index (χ4n) is 2.40. The summed E-state index contributed by atoms with van der Waals surface area (Å²) in [7, 11) is 3.83. The molecule has 2 atom stereocenters. The van der Waals surface area contributed by atoms with E-state index in [1.807, 2.05) is 19.0 Å². The zero-order chi connectivity index (χ0) is 11.4. The summed E-state index contributed by atoms with van der Waals surface area (Å²) in [6.07, 6.45) is 0.901. The molecule has 2 unspecified atom stereocenters. The Labute approximate surface area is 92.6 Å². The van der Waals surface area contributed by atoms with Crippen LogP contribution in [-0.4, -0.2) is 61.5 Å². The van der Waals surface area contributed by atoms with Crippen LogP contribution in [0.25, 0.3) is 0 Å². The second-order valence-electron chi connectivity index (χ2n) is 4.31. The van der Waals surface area contributed by atoms with Crippen molar-refractivity contribution in [3.05, 3.63) is 0 Å². The van der Waals surface area contributed by atoms with Crippen LogP contribution in [0.5, 0.6) is 0 Å². The Morgan fingerprint density at radius 1 is 1.53 bits per heavy atom. The molecule has 1 aliphatic rings. The van der Waals surface area contributed by atoms with E-state index < -0.39 is 0 Å². The third-order valence-corrected chi connectivity index (χ3v) is 3.20. The molecule has 0 radical (unpaired) electrons. The highest BCUT2D eigenvalue weighted by atomic mass is 16.2. The Kier molecular flexibility index (Phi) is 4.54. The van der Waals surface area contributed by atoms with Crippen LogP contribution >= 0.6 is 0 Å². The first-order valence-electron chi connectivity index (χ1n) is 5.77. The first-order chi connectivity index (χ1) is 7.11. The number of likely N-dealkylation sites (N-methyl/N-ethyl adjacent to an activating group) is 2. The van der Waals surface area contributed by atoms with Gasteiger partial charge in [-0.05, 0) is 33.5 Å². The fraction of sp³-hybridized carbons (Fsp3) is 0.909. The Bertz CT molecular complexity index is 220. The lowest BCUT2D eigenvalue weighted by molar-refractivity contribution is -0.143. The standard InChI is InChI=1S/C11H23N3O/c1-5-14-9(2)8-13(4)11(15)10(14)6-7-12-3/h9-10,12H,5-8H2,1-4H3. The predicted octanol–water partition coefficient (Wildman–Crippen LogP) is 0.147. The lowest BCUT2D eigenvalue weighted by Crippen LogP contribution is -2.60. The van der Waals surface area contributed by atoms with E-state index in [1.54, 1.807) is 0 Å². The van der Waals surface area contributed by atoms with Crippen LogP contribution in [0.15, 0.2) is 0 Å². The monoisotopic (exact) mass is 213 g/mol. The molecule has 4 heteroatoms. The number of hydrogen-bond donors (Lipinski definition) is 1. The predicted molar refractivity (Wildman–Crippen MR) is 61.8 cm³/mol. The smallest absolute Gasteiger partial charge is 0.239 e. The van der Waals surface area contributed by atoms with Gasteiger partial charge in [0.25, 0.3) is 0 Å². The second-order valence-corrected chi connectivity index (χ2v) is 4.31. The zero-order valence-electron chi connectivity index (χ0n) is 10.3. The van der Waals surface area contributed by atoms with Crippen molar-refractivity contribution < 1.29 is 4.79 Å². The van der Waals surface area contributed by atoms with Gasteiger partial charge in [-0.25, -0.2) is 0 Å². The molecule has 1 aliphatic heterocycles. The van der Waals surface area contributed by atoms with E-state index in [1.165, 1.54) is 0 Å². The van der Waals surface area contributed by atoms with E-state index >= 15 is 0 Å². The molecule has 1 fully saturated rings. The first-order valence-corrected chi connectivity index (χ1v) is 5.77. The summed E-state index contributed by atoms with van der Waals surface area (Å²) in [4.78, 5) is 16.2. The molecule has 1 saturated heterocycles. The quantitative estimate of drug-likeness (QED) is 0.722. The normalized spacial score (nSPS) is 28.5. The minimum atomic E-state index is 0.0659. The number of nitrogens with zero attached hydrogens (tertiary/aromatic N) is 2. The van der Waals surface area contributed by atoms with Crippen molar-refractivity contribution >= 4 is 5.91 Å². The van der Waals surface area contributed by atoms with Crippen molar-refractivity contribution in [2.75, 3.05) is 33.7 Å². The first kappa shape index (κ1) is 12.5. The van der Waals surface area contributed by atoms with Gasteiger partial charge in [0.15, 0.2) is 0 Å². The van der Waals surface area contributed by atoms with Gasteiger partial charge in [-0.2, -0.15) is 0 Å². The van der Waals surface area contributed by atoms with Crippen LogP contribution in [0.3, 0.4) is 0 Å². The molecular formula is C11H23N3O. The van der Waals surface area contributed by atoms with Crippen molar-refractivity contribution in [1.82, 2.24) is 15.1 Å². The Morgan fingerprint density at radius 3 is 2.73 bits per heavy atom. The largest absolute Gasteiger partial charge is 0.343 e. The zero-order valence-corrected chi connectivity index (χ0v) is 10.3. The minimum absolute atomic E-state index is 0.0659. The molecule has 0 saturated carbocycles. The summed E-state index contributed by atoms with van der Waals surface area (Å²) in [5, 5.41) is 3.11. The molecule has 0 spiro atoms. The van der Waals surface area contributed by atoms with E-state index in [-0.39, 0.29) is 11.9 Å². The van der Waals surface area contributed by atoms with Crippen molar-refractivity contribution in [2.45, 2.75) is 32.4 Å². The number of carbonyl (C=O) groups excluding carboxylic acids is 1. The van der Waals surface area contributed by atoms with Gasteiger partial charge < -0.3 is 10.2 Å². The maximum atomic E-state index is 12.0. The lowest BCUT2D eigenvalue weighted by atomic mass is 10.0. The second kappa shape index (κ2) is 5.47. The number of carbonyl (C=O) groups is 1. The van der Waals surface area contributed by atoms with Crippen LogP contribution in [0.2, 0.25) is 0 Å². The lowest BCUT2D eigenvalue weighted by Gasteiger charge is -2.43. The molecular weight excluding hydrogens is 190 g/mol. The number of hydrogen-bond acceptors (Lipinski definition) is 3. The third kappa shape index (κ3) is 2.69. The number of piperazine rings is 1. The Hall–Kier alpha value is -0.610. The van der Waals surface area contributed by atoms with Gasteiger partial charge in [0.1, 0.15) is 0 Å². The molecule has 0 aliphatic carbocycles. The molecule has 1 amide bonds. The van der Waals surface area contributed by atoms with Gasteiger partial charge in [0.2, 0.25) is 5.91 Å². The van der Waals surface area contributed by atoms with E-state index in [4.69, 9.17) is 0 Å². The van der Waals surface area contributed by atoms with Crippen LogP contribution < -0.4 is 5.32 Å². The summed E-state index contributed by atoms with van der Waals surface area (Å²) in [5.74, 6) is 0.269. The van der Waals surface area contributed by atoms with Crippen molar-refractivity contribution in [2.24, 2.45) is 0 Å². The number of rotatable bonds is 4. The van der Waals surface area contributed by atoms with Crippen LogP contribution in [0.4, 0.5) is 0 Å². The van der Waals surface area contributed by atoms with Gasteiger partial charge >= 0.3 is 0 Å². The summed E-state index contributed by atoms with van der Waals surface area (Å²) < 4.78 is 0. The molecule has 1 N–H and O–H groups in total. The van der Waals surface area contributed by atoms with Gasteiger partial charge in [-0.15, -0.1) is 0 Å². The minimum Gasteiger partial charge on any atom is -0.343 e. The van der Waals surface area contributed by atoms with Crippen molar-refractivity contribution in [3.63, 3.8) is 0 Å². The molecule has 0 aromatic heterocycles. The molecule has 4 nitrogen and oxygen atoms in total. The fourth-order valence-corrected chi connectivity index (χ4v) is 2.40. The molecule has 0 aromatic rings. The molecule has 1 heterocycles. The molecule has 88 valence electrons. The van der Waals surface area contributed by atoms with Crippen molar-refractivity contribution in [1.29, 1.82) is 0 Å². The average molecular weight is 213 g/mol. The number of amides is 1. The van der Waals surface area contributed by atoms with Gasteiger partial charge in [0, 0.05) is 19.6 Å². The van der Waals surface area contributed by atoms with E-state index in [0.29, 0.717) is 6.04 Å². The van der Waals surface area contributed by atoms with E-state index in [0.717, 1.165) is 26.1 Å². The summed E-state index contributed by atoms with van der Waals surface area (Å²) in [5.41, 5.74) is 0. The summed E-state index contributed by atoms with van der Waals surface area (Å²) in [6.45, 7) is 7.02. The summed E-state index contributed by atoms with van der Waals surface area (Å²) in [6, 6.07) is 0.538. The van der Waals surface area contributed by atoms with Gasteiger partial charge in [0.05, 0.1) is 6.04 Å². The van der Waals surface area contributed by atoms with Crippen LogP contribution in [-0.2, 0) is 4.79 Å². The van der Waals surface area contributed by atoms with Crippen LogP contribution in [0.1, 0.15) is 20.3 Å². The van der Waals surface area contributed by atoms with Crippen LogP contribution in [0, 0.1) is 0 Å². The highest BCUT2D eigenvalue weighted by molar-refractivity contribution is 5.82. The molecule has 15 heavy (non-hydrogen) atoms. The Balaban J connectivity index is 2.69. The average Bonchev–Trinajstić information content (AvgIpc) is 2.21. The highest BCUT2D eigenvalue weighted by Crippen LogP contribution is 2.17. The molecule has 0 aromatic carbocycles.